The van der Waals surface area contributed by atoms with Gasteiger partial charge < -0.3 is 0 Å². The molecular weight excluding hydrogens is 204 g/mol. The summed E-state index contributed by atoms with van der Waals surface area (Å²) in [5.41, 5.74) is 4.18. The molecule has 0 heteroatoms. The lowest BCUT2D eigenvalue weighted by Crippen LogP contribution is -1.82. The molecule has 1 aromatic rings. The molecule has 0 saturated heterocycles. The zero-order valence-corrected chi connectivity index (χ0v) is 13.8. The van der Waals surface area contributed by atoms with E-state index in [-0.39, 0.29) is 0 Å². The van der Waals surface area contributed by atoms with E-state index >= 15 is 0 Å². The van der Waals surface area contributed by atoms with Gasteiger partial charge in [-0.25, -0.2) is 0 Å². The monoisotopic (exact) mass is 238 g/mol. The Kier molecular flexibility index (Phi) is 19.2. The lowest BCUT2D eigenvalue weighted by Gasteiger charge is -2.00. The van der Waals surface area contributed by atoms with Crippen LogP contribution in [-0.4, -0.2) is 0 Å². The number of benzene rings is 1. The van der Waals surface area contributed by atoms with E-state index in [0.717, 1.165) is 5.92 Å². The summed E-state index contributed by atoms with van der Waals surface area (Å²) in [6.07, 6.45) is 0. The molecule has 102 valence electrons. The third-order valence-electron chi connectivity index (χ3n) is 1.88. The van der Waals surface area contributed by atoms with Gasteiger partial charge in [-0.3, -0.25) is 0 Å². The lowest BCUT2D eigenvalue weighted by atomic mass is 10.1. The number of rotatable bonds is 0. The van der Waals surface area contributed by atoms with Crippen molar-refractivity contribution in [2.75, 3.05) is 0 Å². The summed E-state index contributed by atoms with van der Waals surface area (Å²) < 4.78 is 0. The summed E-state index contributed by atoms with van der Waals surface area (Å²) in [6, 6.07) is 6.38. The Balaban J connectivity index is -0.000000208. The van der Waals surface area contributed by atoms with E-state index in [0.29, 0.717) is 0 Å². The molecule has 0 saturated carbocycles. The lowest BCUT2D eigenvalue weighted by molar-refractivity contribution is 0.737. The molecule has 0 aromatic heterocycles. The van der Waals surface area contributed by atoms with Crippen LogP contribution in [0.4, 0.5) is 0 Å². The van der Waals surface area contributed by atoms with E-state index in [9.17, 15) is 0 Å². The Labute approximate surface area is 110 Å². The topological polar surface area (TPSA) is 0 Å². The zero-order chi connectivity index (χ0) is 14.4. The van der Waals surface area contributed by atoms with Gasteiger partial charge in [0.15, 0.2) is 0 Å². The summed E-state index contributed by atoms with van der Waals surface area (Å²) in [4.78, 5) is 0. The van der Waals surface area contributed by atoms with Gasteiger partial charge in [-0.05, 0) is 43.4 Å². The van der Waals surface area contributed by atoms with Gasteiger partial charge in [0, 0.05) is 0 Å². The average Bonchev–Trinajstić information content (AvgIpc) is 2.30. The predicted octanol–water partition coefficient (Wildman–Crippen LogP) is 6.33. The Hall–Kier alpha value is -0.780. The summed E-state index contributed by atoms with van der Waals surface area (Å²) in [7, 11) is 0. The molecule has 0 aliphatic carbocycles. The molecule has 0 heterocycles. The van der Waals surface area contributed by atoms with Gasteiger partial charge in [0.05, 0.1) is 0 Å². The maximum Gasteiger partial charge on any atom is -0.0392 e. The van der Waals surface area contributed by atoms with Crippen molar-refractivity contribution in [1.29, 1.82) is 0 Å². The molecule has 1 aromatic carbocycles. The first kappa shape index (κ1) is 21.5. The Morgan fingerprint density at radius 2 is 0.941 bits per heavy atom. The molecule has 0 spiro atoms. The van der Waals surface area contributed by atoms with Crippen molar-refractivity contribution in [2.45, 2.75) is 69.2 Å². The molecule has 1 rings (SSSR count). The molecule has 0 aliphatic heterocycles. The molecular formula is C17H34. The maximum absolute atomic E-state index is 2.17. The van der Waals surface area contributed by atoms with Crippen molar-refractivity contribution in [2.24, 2.45) is 5.92 Å². The van der Waals surface area contributed by atoms with E-state index in [2.05, 4.69) is 59.7 Å². The van der Waals surface area contributed by atoms with Crippen LogP contribution < -0.4 is 0 Å². The molecule has 0 radical (unpaired) electrons. The van der Waals surface area contributed by atoms with Crippen LogP contribution >= 0.6 is 0 Å². The van der Waals surface area contributed by atoms with Gasteiger partial charge >= 0.3 is 0 Å². The van der Waals surface area contributed by atoms with Crippen molar-refractivity contribution < 1.29 is 0 Å². The van der Waals surface area contributed by atoms with Gasteiger partial charge in [-0.1, -0.05) is 66.7 Å². The summed E-state index contributed by atoms with van der Waals surface area (Å²) in [5, 5.41) is 0. The predicted molar refractivity (Wildman–Crippen MR) is 83.9 cm³/mol. The van der Waals surface area contributed by atoms with E-state index in [1.807, 2.05) is 27.7 Å². The minimum atomic E-state index is 0.833. The van der Waals surface area contributed by atoms with Crippen molar-refractivity contribution in [3.8, 4) is 0 Å². The highest BCUT2D eigenvalue weighted by atomic mass is 14.0. The third kappa shape index (κ3) is 15.2. The van der Waals surface area contributed by atoms with Crippen LogP contribution in [-0.2, 0) is 0 Å². The molecule has 0 fully saturated rings. The van der Waals surface area contributed by atoms with E-state index in [4.69, 9.17) is 0 Å². The fourth-order valence-corrected chi connectivity index (χ4v) is 0.898. The van der Waals surface area contributed by atoms with Gasteiger partial charge in [-0.2, -0.15) is 0 Å². The maximum atomic E-state index is 2.17. The quantitative estimate of drug-likeness (QED) is 0.495. The molecule has 0 bridgehead atoms. The van der Waals surface area contributed by atoms with Crippen LogP contribution in [0.3, 0.4) is 0 Å². The van der Waals surface area contributed by atoms with Gasteiger partial charge in [0.1, 0.15) is 0 Å². The minimum Gasteiger partial charge on any atom is -0.0683 e. The highest BCUT2D eigenvalue weighted by Crippen LogP contribution is 2.09. The summed E-state index contributed by atoms with van der Waals surface area (Å²) in [6.45, 7) is 20.9. The van der Waals surface area contributed by atoms with Crippen molar-refractivity contribution in [3.63, 3.8) is 0 Å². The number of hydrogen-bond acceptors (Lipinski definition) is 0. The van der Waals surface area contributed by atoms with Crippen molar-refractivity contribution in [1.82, 2.24) is 0 Å². The highest BCUT2D eigenvalue weighted by Gasteiger charge is 1.91. The number of hydrogen-bond donors (Lipinski definition) is 0. The Morgan fingerprint density at radius 3 is 1.12 bits per heavy atom. The Morgan fingerprint density at radius 1 is 0.706 bits per heavy atom. The van der Waals surface area contributed by atoms with Crippen LogP contribution in [0.1, 0.15) is 65.2 Å². The van der Waals surface area contributed by atoms with Gasteiger partial charge in [0.2, 0.25) is 0 Å². The Bertz CT molecular complexity index is 223. The molecule has 0 unspecified atom stereocenters. The summed E-state index contributed by atoms with van der Waals surface area (Å²) in [5.74, 6) is 0.833. The van der Waals surface area contributed by atoms with Gasteiger partial charge in [-0.15, -0.1) is 0 Å². The zero-order valence-electron chi connectivity index (χ0n) is 13.8. The first-order valence-electron chi connectivity index (χ1n) is 6.98. The largest absolute Gasteiger partial charge is 0.0683 e. The highest BCUT2D eigenvalue weighted by molar-refractivity contribution is 5.31. The standard InChI is InChI=1S/C9H12.C4H10.2C2H6/c1-7-5-4-6-8(2)9(7)3;1-4(2)3;2*1-2/h4-6H,1-3H3;4H,1-3H3;2*1-2H3. The fraction of sp³-hybridized carbons (Fsp3) is 0.647. The van der Waals surface area contributed by atoms with Crippen LogP contribution in [0, 0.1) is 26.7 Å². The SMILES string of the molecule is CC.CC.CC(C)C.Cc1cccc(C)c1C. The third-order valence-corrected chi connectivity index (χ3v) is 1.88. The average molecular weight is 238 g/mol. The number of aryl methyl sites for hydroxylation is 2. The van der Waals surface area contributed by atoms with Crippen molar-refractivity contribution in [3.05, 3.63) is 34.9 Å². The normalized spacial score (nSPS) is 7.94. The van der Waals surface area contributed by atoms with Crippen LogP contribution in [0.25, 0.3) is 0 Å². The second-order valence-corrected chi connectivity index (χ2v) is 4.25. The molecule has 17 heavy (non-hydrogen) atoms. The van der Waals surface area contributed by atoms with Crippen LogP contribution in [0.15, 0.2) is 18.2 Å². The van der Waals surface area contributed by atoms with Crippen molar-refractivity contribution >= 4 is 0 Å². The second kappa shape index (κ2) is 15.2. The molecule has 0 amide bonds. The van der Waals surface area contributed by atoms with Crippen LogP contribution in [0.2, 0.25) is 0 Å². The van der Waals surface area contributed by atoms with E-state index < -0.39 is 0 Å². The second-order valence-electron chi connectivity index (χ2n) is 4.25. The smallest absolute Gasteiger partial charge is 0.0392 e. The summed E-state index contributed by atoms with van der Waals surface area (Å²) >= 11 is 0. The molecule has 0 aliphatic rings. The van der Waals surface area contributed by atoms with E-state index in [1.165, 1.54) is 16.7 Å². The minimum absolute atomic E-state index is 0.833. The van der Waals surface area contributed by atoms with E-state index in [1.54, 1.807) is 0 Å². The van der Waals surface area contributed by atoms with Gasteiger partial charge in [0.25, 0.3) is 0 Å². The first-order chi connectivity index (χ1) is 7.95. The first-order valence-corrected chi connectivity index (χ1v) is 6.98. The molecule has 0 N–H and O–H groups in total. The van der Waals surface area contributed by atoms with Crippen LogP contribution in [0.5, 0.6) is 0 Å². The molecule has 0 nitrogen and oxygen atoms in total. The molecule has 0 atom stereocenters. The fourth-order valence-electron chi connectivity index (χ4n) is 0.898.